The van der Waals surface area contributed by atoms with Crippen LogP contribution in [-0.4, -0.2) is 7.11 Å². The topological polar surface area (TPSA) is 9.23 Å². The maximum Gasteiger partial charge on any atom is 0.123 e. The lowest BCUT2D eigenvalue weighted by atomic mass is 10.0. The number of methoxy groups -OCH3 is 1. The molecule has 4 heteroatoms. The molecular weight excluding hydrogens is 391 g/mol. The summed E-state index contributed by atoms with van der Waals surface area (Å²) >= 11 is 13.6. The average Bonchev–Trinajstić information content (AvgIpc) is 2.41. The summed E-state index contributed by atoms with van der Waals surface area (Å²) in [4.78, 5) is 0. The summed E-state index contributed by atoms with van der Waals surface area (Å²) in [5, 5.41) is -0.237. The van der Waals surface area contributed by atoms with Crippen molar-refractivity contribution in [2.75, 3.05) is 7.11 Å². The van der Waals surface area contributed by atoms with Crippen molar-refractivity contribution in [2.24, 2.45) is 0 Å². The van der Waals surface area contributed by atoms with Crippen LogP contribution in [-0.2, 0) is 0 Å². The Morgan fingerprint density at radius 3 is 2.47 bits per heavy atom. The molecule has 1 atom stereocenters. The molecule has 0 aliphatic carbocycles. The fraction of sp³-hybridized carbons (Fsp3) is 0.200. The van der Waals surface area contributed by atoms with Gasteiger partial charge in [-0.1, -0.05) is 44.0 Å². The van der Waals surface area contributed by atoms with Gasteiger partial charge >= 0.3 is 0 Å². The fourth-order valence-corrected chi connectivity index (χ4v) is 2.84. The Morgan fingerprint density at radius 1 is 1.11 bits per heavy atom. The van der Waals surface area contributed by atoms with Crippen LogP contribution in [0.25, 0.3) is 0 Å². The number of halogens is 3. The lowest BCUT2D eigenvalue weighted by Crippen LogP contribution is -1.98. The van der Waals surface area contributed by atoms with Crippen LogP contribution in [0.1, 0.15) is 22.1 Å². The minimum absolute atomic E-state index is 0.237. The van der Waals surface area contributed by atoms with Gasteiger partial charge < -0.3 is 4.74 Å². The van der Waals surface area contributed by atoms with E-state index < -0.39 is 0 Å². The molecule has 0 N–H and O–H groups in total. The molecule has 0 spiro atoms. The van der Waals surface area contributed by atoms with Gasteiger partial charge in [0, 0.05) is 14.5 Å². The number of ether oxygens (including phenoxy) is 1. The quantitative estimate of drug-likeness (QED) is 0.583. The first-order valence-corrected chi connectivity index (χ1v) is 7.78. The second-order valence-corrected chi connectivity index (χ2v) is 6.46. The van der Waals surface area contributed by atoms with E-state index in [-0.39, 0.29) is 5.38 Å². The molecule has 2 aromatic carbocycles. The van der Waals surface area contributed by atoms with E-state index in [2.05, 4.69) is 44.8 Å². The zero-order valence-corrected chi connectivity index (χ0v) is 14.5. The third-order valence-electron chi connectivity index (χ3n) is 2.94. The van der Waals surface area contributed by atoms with Crippen molar-refractivity contribution in [1.29, 1.82) is 0 Å². The Bertz CT molecular complexity index is 599. The highest BCUT2D eigenvalue weighted by Gasteiger charge is 2.16. The largest absolute Gasteiger partial charge is 0.496 e. The minimum atomic E-state index is -0.237. The van der Waals surface area contributed by atoms with E-state index in [0.717, 1.165) is 31.4 Å². The van der Waals surface area contributed by atoms with Crippen LogP contribution in [0.4, 0.5) is 0 Å². The number of benzene rings is 2. The Morgan fingerprint density at radius 2 is 1.84 bits per heavy atom. The van der Waals surface area contributed by atoms with Gasteiger partial charge in [-0.25, -0.2) is 0 Å². The number of hydrogen-bond donors (Lipinski definition) is 0. The summed E-state index contributed by atoms with van der Waals surface area (Å²) in [6.07, 6.45) is 0. The zero-order chi connectivity index (χ0) is 14.0. The first kappa shape index (κ1) is 14.9. The van der Waals surface area contributed by atoms with Gasteiger partial charge in [-0.15, -0.1) is 11.6 Å². The molecule has 19 heavy (non-hydrogen) atoms. The predicted octanol–water partition coefficient (Wildman–Crippen LogP) is 5.86. The highest BCUT2D eigenvalue weighted by atomic mass is 79.9. The number of alkyl halides is 1. The Balaban J connectivity index is 2.45. The first-order chi connectivity index (χ1) is 9.02. The molecule has 100 valence electrons. The maximum atomic E-state index is 6.60. The van der Waals surface area contributed by atoms with Crippen LogP contribution in [0.5, 0.6) is 5.75 Å². The van der Waals surface area contributed by atoms with Crippen LogP contribution in [0.2, 0.25) is 0 Å². The number of rotatable bonds is 3. The SMILES string of the molecule is COc1ccc(Br)cc1C(Cl)c1ccc(Br)c(C)c1. The van der Waals surface area contributed by atoms with E-state index in [1.54, 1.807) is 7.11 Å². The van der Waals surface area contributed by atoms with Crippen molar-refractivity contribution in [1.82, 2.24) is 0 Å². The van der Waals surface area contributed by atoms with Gasteiger partial charge in [-0.2, -0.15) is 0 Å². The molecule has 1 unspecified atom stereocenters. The van der Waals surface area contributed by atoms with Gasteiger partial charge in [-0.3, -0.25) is 0 Å². The maximum absolute atomic E-state index is 6.60. The van der Waals surface area contributed by atoms with E-state index in [9.17, 15) is 0 Å². The third kappa shape index (κ3) is 3.33. The van der Waals surface area contributed by atoms with Crippen molar-refractivity contribution >= 4 is 43.5 Å². The van der Waals surface area contributed by atoms with Crippen LogP contribution >= 0.6 is 43.5 Å². The van der Waals surface area contributed by atoms with Gasteiger partial charge in [0.1, 0.15) is 5.75 Å². The zero-order valence-electron chi connectivity index (χ0n) is 10.6. The van der Waals surface area contributed by atoms with Crippen molar-refractivity contribution < 1.29 is 4.74 Å². The van der Waals surface area contributed by atoms with Crippen molar-refractivity contribution in [3.05, 3.63) is 62.0 Å². The van der Waals surface area contributed by atoms with Crippen molar-refractivity contribution in [3.8, 4) is 5.75 Å². The van der Waals surface area contributed by atoms with E-state index in [1.165, 1.54) is 0 Å². The van der Waals surface area contributed by atoms with E-state index in [4.69, 9.17) is 16.3 Å². The second kappa shape index (κ2) is 6.29. The van der Waals surface area contributed by atoms with Gasteiger partial charge in [0.05, 0.1) is 12.5 Å². The molecule has 0 saturated carbocycles. The fourth-order valence-electron chi connectivity index (χ4n) is 1.91. The molecule has 1 nitrogen and oxygen atoms in total. The third-order valence-corrected chi connectivity index (χ3v) is 4.81. The molecule has 0 amide bonds. The minimum Gasteiger partial charge on any atom is -0.496 e. The molecule has 0 aromatic heterocycles. The van der Waals surface area contributed by atoms with E-state index in [1.807, 2.05) is 30.3 Å². The molecule has 0 saturated heterocycles. The smallest absolute Gasteiger partial charge is 0.123 e. The standard InChI is InChI=1S/C15H13Br2ClO/c1-9-7-10(3-5-13(9)17)15(18)12-8-11(16)4-6-14(12)19-2/h3-8,15H,1-2H3. The van der Waals surface area contributed by atoms with Crippen molar-refractivity contribution in [2.45, 2.75) is 12.3 Å². The van der Waals surface area contributed by atoms with Crippen LogP contribution < -0.4 is 4.74 Å². The molecule has 2 rings (SSSR count). The van der Waals surface area contributed by atoms with Gasteiger partial charge in [0.2, 0.25) is 0 Å². The lowest BCUT2D eigenvalue weighted by molar-refractivity contribution is 0.410. The molecule has 0 bridgehead atoms. The molecular formula is C15H13Br2ClO. The van der Waals surface area contributed by atoms with Gasteiger partial charge in [-0.05, 0) is 42.3 Å². The highest BCUT2D eigenvalue weighted by molar-refractivity contribution is 9.10. The van der Waals surface area contributed by atoms with Crippen LogP contribution in [0, 0.1) is 6.92 Å². The van der Waals surface area contributed by atoms with E-state index >= 15 is 0 Å². The van der Waals surface area contributed by atoms with Crippen LogP contribution in [0.15, 0.2) is 45.3 Å². The highest BCUT2D eigenvalue weighted by Crippen LogP contribution is 2.37. The predicted molar refractivity (Wildman–Crippen MR) is 87.3 cm³/mol. The summed E-state index contributed by atoms with van der Waals surface area (Å²) in [5.74, 6) is 0.795. The second-order valence-electron chi connectivity index (χ2n) is 4.26. The van der Waals surface area contributed by atoms with Gasteiger partial charge in [0.25, 0.3) is 0 Å². The van der Waals surface area contributed by atoms with Crippen molar-refractivity contribution in [3.63, 3.8) is 0 Å². The van der Waals surface area contributed by atoms with Crippen LogP contribution in [0.3, 0.4) is 0 Å². The average molecular weight is 405 g/mol. The summed E-state index contributed by atoms with van der Waals surface area (Å²) in [7, 11) is 1.66. The summed E-state index contributed by atoms with van der Waals surface area (Å²) in [6, 6.07) is 12.0. The normalized spacial score (nSPS) is 12.3. The molecule has 0 fully saturated rings. The summed E-state index contributed by atoms with van der Waals surface area (Å²) in [6.45, 7) is 2.05. The lowest BCUT2D eigenvalue weighted by Gasteiger charge is -2.15. The van der Waals surface area contributed by atoms with E-state index in [0.29, 0.717) is 0 Å². The molecule has 0 radical (unpaired) electrons. The van der Waals surface area contributed by atoms with Gasteiger partial charge in [0.15, 0.2) is 0 Å². The summed E-state index contributed by atoms with van der Waals surface area (Å²) in [5.41, 5.74) is 3.18. The Kier molecular flexibility index (Phi) is 4.93. The molecule has 0 aliphatic heterocycles. The molecule has 0 aliphatic rings. The number of aryl methyl sites for hydroxylation is 1. The Hall–Kier alpha value is -0.510. The molecule has 2 aromatic rings. The Labute approximate surface area is 135 Å². The number of hydrogen-bond acceptors (Lipinski definition) is 1. The monoisotopic (exact) mass is 402 g/mol. The first-order valence-electron chi connectivity index (χ1n) is 5.76. The molecule has 0 heterocycles. The summed E-state index contributed by atoms with van der Waals surface area (Å²) < 4.78 is 7.46.